The first kappa shape index (κ1) is 18.8. The molecule has 0 spiro atoms. The molecular weight excluding hydrogens is 398 g/mol. The maximum atomic E-state index is 13.9. The Labute approximate surface area is 175 Å². The van der Waals surface area contributed by atoms with Crippen molar-refractivity contribution in [1.29, 1.82) is 0 Å². The number of para-hydroxylation sites is 1. The molecule has 4 aromatic rings. The lowest BCUT2D eigenvalue weighted by Gasteiger charge is -2.36. The van der Waals surface area contributed by atoms with Crippen LogP contribution in [0, 0.1) is 0 Å². The predicted molar refractivity (Wildman–Crippen MR) is 115 cm³/mol. The van der Waals surface area contributed by atoms with E-state index in [0.29, 0.717) is 24.4 Å². The average Bonchev–Trinajstić information content (AvgIpc) is 3.27. The molecule has 1 atom stereocenters. The standard InChI is InChI=1S/C23H21N3O3S/c1-29-19-9-2-7-18(16-19)23-20-10-5-13-25(20)14-15-26(23)30(27,28)21-11-3-6-17-8-4-12-24-22(17)21/h2-13,16,23H,14-15H2,1H3. The summed E-state index contributed by atoms with van der Waals surface area (Å²) in [7, 11) is -2.20. The largest absolute Gasteiger partial charge is 0.497 e. The molecule has 2 aromatic heterocycles. The van der Waals surface area contributed by atoms with Crippen LogP contribution in [-0.4, -0.2) is 35.9 Å². The summed E-state index contributed by atoms with van der Waals surface area (Å²) >= 11 is 0. The smallest absolute Gasteiger partial charge is 0.246 e. The predicted octanol–water partition coefficient (Wildman–Crippen LogP) is 3.84. The molecule has 0 amide bonds. The van der Waals surface area contributed by atoms with Gasteiger partial charge in [-0.05, 0) is 42.0 Å². The molecule has 0 fully saturated rings. The molecule has 0 N–H and O–H groups in total. The summed E-state index contributed by atoms with van der Waals surface area (Å²) in [6.45, 7) is 0.968. The number of nitrogens with zero attached hydrogens (tertiary/aromatic N) is 3. The van der Waals surface area contributed by atoms with Crippen LogP contribution < -0.4 is 4.74 Å². The second-order valence-electron chi connectivity index (χ2n) is 7.25. The van der Waals surface area contributed by atoms with Crippen LogP contribution in [0.15, 0.2) is 84.0 Å². The van der Waals surface area contributed by atoms with Gasteiger partial charge in [-0.15, -0.1) is 0 Å². The number of pyridine rings is 1. The van der Waals surface area contributed by atoms with Crippen molar-refractivity contribution in [2.45, 2.75) is 17.5 Å². The maximum absolute atomic E-state index is 13.9. The zero-order valence-electron chi connectivity index (χ0n) is 16.5. The van der Waals surface area contributed by atoms with Crippen molar-refractivity contribution in [3.63, 3.8) is 0 Å². The van der Waals surface area contributed by atoms with Crippen molar-refractivity contribution in [1.82, 2.24) is 13.9 Å². The molecule has 0 aliphatic carbocycles. The van der Waals surface area contributed by atoms with Crippen molar-refractivity contribution in [3.05, 3.63) is 90.4 Å². The molecule has 152 valence electrons. The fourth-order valence-electron chi connectivity index (χ4n) is 4.18. The minimum atomic E-state index is -3.81. The van der Waals surface area contributed by atoms with Crippen LogP contribution in [-0.2, 0) is 16.6 Å². The maximum Gasteiger partial charge on any atom is 0.246 e. The second-order valence-corrected chi connectivity index (χ2v) is 9.11. The number of fused-ring (bicyclic) bond motifs is 2. The summed E-state index contributed by atoms with van der Waals surface area (Å²) in [6.07, 6.45) is 3.62. The van der Waals surface area contributed by atoms with E-state index in [2.05, 4.69) is 9.55 Å². The lowest BCUT2D eigenvalue weighted by atomic mass is 10.0. The number of methoxy groups -OCH3 is 1. The summed E-state index contributed by atoms with van der Waals surface area (Å²) in [4.78, 5) is 4.60. The number of aromatic nitrogens is 2. The highest BCUT2D eigenvalue weighted by atomic mass is 32.2. The third-order valence-corrected chi connectivity index (χ3v) is 7.48. The van der Waals surface area contributed by atoms with E-state index in [0.717, 1.165) is 16.6 Å². The van der Waals surface area contributed by atoms with Gasteiger partial charge >= 0.3 is 0 Å². The summed E-state index contributed by atoms with van der Waals surface area (Å²) in [5.41, 5.74) is 2.29. The number of hydrogen-bond acceptors (Lipinski definition) is 4. The van der Waals surface area contributed by atoms with Gasteiger partial charge in [0.05, 0.1) is 18.7 Å². The van der Waals surface area contributed by atoms with Gasteiger partial charge in [0.1, 0.15) is 10.6 Å². The Kier molecular flexibility index (Phi) is 4.56. The highest BCUT2D eigenvalue weighted by molar-refractivity contribution is 7.89. The molecule has 2 aromatic carbocycles. The Morgan fingerprint density at radius 2 is 1.83 bits per heavy atom. The molecule has 0 saturated heterocycles. The van der Waals surface area contributed by atoms with Crippen LogP contribution in [0.1, 0.15) is 17.3 Å². The van der Waals surface area contributed by atoms with Gasteiger partial charge in [-0.3, -0.25) is 4.98 Å². The normalized spacial score (nSPS) is 17.0. The number of benzene rings is 2. The Bertz CT molecular complexity index is 1330. The van der Waals surface area contributed by atoms with E-state index in [1.807, 2.05) is 60.8 Å². The van der Waals surface area contributed by atoms with Gasteiger partial charge in [0.2, 0.25) is 10.0 Å². The fraction of sp³-hybridized carbons (Fsp3) is 0.174. The highest BCUT2D eigenvalue weighted by Gasteiger charge is 2.38. The quantitative estimate of drug-likeness (QED) is 0.504. The Balaban J connectivity index is 1.70. The summed E-state index contributed by atoms with van der Waals surface area (Å²) in [6, 6.07) is 20.1. The van der Waals surface area contributed by atoms with Crippen LogP contribution in [0.5, 0.6) is 5.75 Å². The lowest BCUT2D eigenvalue weighted by Crippen LogP contribution is -2.42. The van der Waals surface area contributed by atoms with E-state index < -0.39 is 16.1 Å². The van der Waals surface area contributed by atoms with Crippen LogP contribution in [0.4, 0.5) is 0 Å². The van der Waals surface area contributed by atoms with E-state index in [1.54, 1.807) is 29.7 Å². The van der Waals surface area contributed by atoms with Crippen LogP contribution >= 0.6 is 0 Å². The van der Waals surface area contributed by atoms with Crippen molar-refractivity contribution in [2.75, 3.05) is 13.7 Å². The third-order valence-electron chi connectivity index (χ3n) is 5.59. The first-order chi connectivity index (χ1) is 14.6. The highest BCUT2D eigenvalue weighted by Crippen LogP contribution is 2.38. The van der Waals surface area contributed by atoms with Gasteiger partial charge in [0, 0.05) is 36.6 Å². The molecule has 3 heterocycles. The first-order valence-electron chi connectivity index (χ1n) is 9.74. The fourth-order valence-corrected chi connectivity index (χ4v) is 5.93. The van der Waals surface area contributed by atoms with E-state index in [1.165, 1.54) is 0 Å². The van der Waals surface area contributed by atoms with E-state index in [4.69, 9.17) is 4.74 Å². The SMILES string of the molecule is COc1cccc(C2c3cccn3CCN2S(=O)(=O)c2cccc3cccnc23)c1. The van der Waals surface area contributed by atoms with E-state index >= 15 is 0 Å². The first-order valence-corrected chi connectivity index (χ1v) is 11.2. The minimum Gasteiger partial charge on any atom is -0.497 e. The van der Waals surface area contributed by atoms with Crippen LogP contribution in [0.3, 0.4) is 0 Å². The molecule has 0 radical (unpaired) electrons. The third kappa shape index (κ3) is 2.98. The van der Waals surface area contributed by atoms with Gasteiger partial charge in [0.25, 0.3) is 0 Å². The summed E-state index contributed by atoms with van der Waals surface area (Å²) < 4.78 is 36.9. The van der Waals surface area contributed by atoms with Gasteiger partial charge < -0.3 is 9.30 Å². The lowest BCUT2D eigenvalue weighted by molar-refractivity contribution is 0.298. The molecule has 0 bridgehead atoms. The van der Waals surface area contributed by atoms with Crippen molar-refractivity contribution < 1.29 is 13.2 Å². The number of rotatable bonds is 4. The van der Waals surface area contributed by atoms with Crippen molar-refractivity contribution >= 4 is 20.9 Å². The molecule has 6 nitrogen and oxygen atoms in total. The molecule has 7 heteroatoms. The minimum absolute atomic E-state index is 0.230. The van der Waals surface area contributed by atoms with Crippen molar-refractivity contribution in [3.8, 4) is 5.75 Å². The summed E-state index contributed by atoms with van der Waals surface area (Å²) in [5, 5.41) is 0.803. The molecule has 5 rings (SSSR count). The van der Waals surface area contributed by atoms with Gasteiger partial charge in [-0.2, -0.15) is 4.31 Å². The van der Waals surface area contributed by atoms with E-state index in [9.17, 15) is 8.42 Å². The number of ether oxygens (including phenoxy) is 1. The van der Waals surface area contributed by atoms with Gasteiger partial charge in [0.15, 0.2) is 0 Å². The van der Waals surface area contributed by atoms with Gasteiger partial charge in [-0.1, -0.05) is 30.3 Å². The molecule has 1 unspecified atom stereocenters. The topological polar surface area (TPSA) is 64.4 Å². The van der Waals surface area contributed by atoms with E-state index in [-0.39, 0.29) is 4.90 Å². The molecule has 1 aliphatic rings. The number of hydrogen-bond donors (Lipinski definition) is 0. The average molecular weight is 420 g/mol. The van der Waals surface area contributed by atoms with Crippen molar-refractivity contribution in [2.24, 2.45) is 0 Å². The Hall–Kier alpha value is -3.16. The van der Waals surface area contributed by atoms with Crippen LogP contribution in [0.25, 0.3) is 10.9 Å². The van der Waals surface area contributed by atoms with Gasteiger partial charge in [-0.25, -0.2) is 8.42 Å². The van der Waals surface area contributed by atoms with Crippen LogP contribution in [0.2, 0.25) is 0 Å². The molecular formula is C23H21N3O3S. The Morgan fingerprint density at radius 3 is 2.70 bits per heavy atom. The Morgan fingerprint density at radius 1 is 1.00 bits per heavy atom. The summed E-state index contributed by atoms with van der Waals surface area (Å²) in [5.74, 6) is 0.695. The second kappa shape index (κ2) is 7.27. The monoisotopic (exact) mass is 419 g/mol. The molecule has 0 saturated carbocycles. The zero-order valence-corrected chi connectivity index (χ0v) is 17.3. The molecule has 30 heavy (non-hydrogen) atoms. The molecule has 1 aliphatic heterocycles. The number of sulfonamides is 1. The zero-order chi connectivity index (χ0) is 20.7.